The Kier molecular flexibility index (Phi) is 4.58. The molecule has 1 atom stereocenters. The van der Waals surface area contributed by atoms with Gasteiger partial charge in [-0.1, -0.05) is 6.92 Å². The fourth-order valence-electron chi connectivity index (χ4n) is 1.95. The Hall–Kier alpha value is -1.36. The zero-order valence-electron chi connectivity index (χ0n) is 11.1. The first-order valence-electron chi connectivity index (χ1n) is 6.55. The van der Waals surface area contributed by atoms with E-state index in [1.54, 1.807) is 6.21 Å². The Labute approximate surface area is 114 Å². The molecule has 0 amide bonds. The molecule has 1 fully saturated rings. The molecule has 1 aromatic carbocycles. The Morgan fingerprint density at radius 2 is 2.11 bits per heavy atom. The Balaban J connectivity index is 1.92. The molecule has 0 saturated carbocycles. The van der Waals surface area contributed by atoms with Crippen LogP contribution < -0.4 is 4.74 Å². The lowest BCUT2D eigenvalue weighted by molar-refractivity contribution is 0.317. The van der Waals surface area contributed by atoms with Crippen molar-refractivity contribution in [3.63, 3.8) is 0 Å². The van der Waals surface area contributed by atoms with Crippen LogP contribution >= 0.6 is 0 Å². The molecule has 1 unspecified atom stereocenters. The minimum absolute atomic E-state index is 0.0824. The number of benzene rings is 1. The molecule has 19 heavy (non-hydrogen) atoms. The molecule has 0 aliphatic carbocycles. The van der Waals surface area contributed by atoms with Crippen molar-refractivity contribution in [1.29, 1.82) is 0 Å². The van der Waals surface area contributed by atoms with Gasteiger partial charge in [0.15, 0.2) is 9.84 Å². The van der Waals surface area contributed by atoms with Crippen molar-refractivity contribution in [3.05, 3.63) is 29.8 Å². The van der Waals surface area contributed by atoms with E-state index < -0.39 is 9.84 Å². The zero-order chi connectivity index (χ0) is 13.7. The molecule has 5 heteroatoms. The van der Waals surface area contributed by atoms with E-state index in [1.165, 1.54) is 0 Å². The lowest BCUT2D eigenvalue weighted by Gasteiger charge is -2.04. The van der Waals surface area contributed by atoms with Crippen LogP contribution in [0.5, 0.6) is 5.75 Å². The number of ether oxygens (including phenoxy) is 1. The monoisotopic (exact) mass is 281 g/mol. The lowest BCUT2D eigenvalue weighted by atomic mass is 10.2. The van der Waals surface area contributed by atoms with Gasteiger partial charge in [0.05, 0.1) is 24.2 Å². The van der Waals surface area contributed by atoms with E-state index in [0.29, 0.717) is 13.0 Å². The Morgan fingerprint density at radius 3 is 2.68 bits per heavy atom. The average Bonchev–Trinajstić information content (AvgIpc) is 2.75. The SMILES string of the molecule is CCCOc1ccc(C=NC2CCS(=O)(=O)C2)cc1. The van der Waals surface area contributed by atoms with Crippen molar-refractivity contribution in [3.8, 4) is 5.75 Å². The summed E-state index contributed by atoms with van der Waals surface area (Å²) >= 11 is 0. The van der Waals surface area contributed by atoms with Crippen LogP contribution in [0.2, 0.25) is 0 Å². The number of aliphatic imine (C=N–C) groups is 1. The highest BCUT2D eigenvalue weighted by molar-refractivity contribution is 7.91. The molecule has 0 spiro atoms. The molecule has 1 aliphatic rings. The van der Waals surface area contributed by atoms with Crippen molar-refractivity contribution in [2.24, 2.45) is 4.99 Å². The largest absolute Gasteiger partial charge is 0.494 e. The highest BCUT2D eigenvalue weighted by atomic mass is 32.2. The molecule has 104 valence electrons. The molecule has 2 rings (SSSR count). The standard InChI is InChI=1S/C14H19NO3S/c1-2-8-18-14-5-3-12(4-6-14)10-15-13-7-9-19(16,17)11-13/h3-6,10,13H,2,7-9,11H2,1H3. The smallest absolute Gasteiger partial charge is 0.152 e. The van der Waals surface area contributed by atoms with Crippen molar-refractivity contribution in [2.45, 2.75) is 25.8 Å². The topological polar surface area (TPSA) is 55.7 Å². The molecule has 0 bridgehead atoms. The normalized spacial score (nSPS) is 21.8. The summed E-state index contributed by atoms with van der Waals surface area (Å²) in [6.07, 6.45) is 3.37. The summed E-state index contributed by atoms with van der Waals surface area (Å²) < 4.78 is 28.1. The number of hydrogen-bond donors (Lipinski definition) is 0. The van der Waals surface area contributed by atoms with Crippen LogP contribution in [0, 0.1) is 0 Å². The van der Waals surface area contributed by atoms with Gasteiger partial charge in [-0.3, -0.25) is 4.99 Å². The summed E-state index contributed by atoms with van der Waals surface area (Å²) in [6.45, 7) is 2.78. The second-order valence-corrected chi connectivity index (χ2v) is 6.98. The minimum Gasteiger partial charge on any atom is -0.494 e. The van der Waals surface area contributed by atoms with Gasteiger partial charge >= 0.3 is 0 Å². The van der Waals surface area contributed by atoms with Gasteiger partial charge in [0.1, 0.15) is 5.75 Å². The van der Waals surface area contributed by atoms with E-state index in [2.05, 4.69) is 11.9 Å². The molecular weight excluding hydrogens is 262 g/mol. The van der Waals surface area contributed by atoms with E-state index in [4.69, 9.17) is 4.74 Å². The summed E-state index contributed by atoms with van der Waals surface area (Å²) in [5, 5.41) is 0. The zero-order valence-corrected chi connectivity index (χ0v) is 11.9. The van der Waals surface area contributed by atoms with Crippen molar-refractivity contribution in [2.75, 3.05) is 18.1 Å². The van der Waals surface area contributed by atoms with Crippen LogP contribution in [0.3, 0.4) is 0 Å². The minimum atomic E-state index is -2.85. The lowest BCUT2D eigenvalue weighted by Crippen LogP contribution is -2.07. The van der Waals surface area contributed by atoms with Gasteiger partial charge < -0.3 is 4.74 Å². The molecule has 0 N–H and O–H groups in total. The number of sulfone groups is 1. The van der Waals surface area contributed by atoms with Crippen LogP contribution in [0.4, 0.5) is 0 Å². The van der Waals surface area contributed by atoms with Crippen LogP contribution in [-0.2, 0) is 9.84 Å². The predicted molar refractivity (Wildman–Crippen MR) is 76.9 cm³/mol. The maximum absolute atomic E-state index is 11.3. The van der Waals surface area contributed by atoms with Crippen LogP contribution in [0.15, 0.2) is 29.3 Å². The van der Waals surface area contributed by atoms with Gasteiger partial charge in [-0.25, -0.2) is 8.42 Å². The molecule has 1 heterocycles. The van der Waals surface area contributed by atoms with Gasteiger partial charge in [0, 0.05) is 6.21 Å². The summed E-state index contributed by atoms with van der Waals surface area (Å²) in [4.78, 5) is 4.34. The fourth-order valence-corrected chi connectivity index (χ4v) is 3.59. The molecule has 0 aromatic heterocycles. The number of rotatable bonds is 5. The van der Waals surface area contributed by atoms with Gasteiger partial charge in [-0.2, -0.15) is 0 Å². The summed E-state index contributed by atoms with van der Waals surface area (Å²) in [6, 6.07) is 7.58. The van der Waals surface area contributed by atoms with Gasteiger partial charge in [0.25, 0.3) is 0 Å². The average molecular weight is 281 g/mol. The van der Waals surface area contributed by atoms with Gasteiger partial charge in [-0.05, 0) is 42.7 Å². The summed E-state index contributed by atoms with van der Waals surface area (Å²) in [5.41, 5.74) is 0.966. The maximum atomic E-state index is 11.3. The third-order valence-electron chi connectivity index (χ3n) is 3.00. The first-order chi connectivity index (χ1) is 9.09. The molecule has 0 radical (unpaired) electrons. The quantitative estimate of drug-likeness (QED) is 0.776. The molecular formula is C14H19NO3S. The molecule has 1 saturated heterocycles. The van der Waals surface area contributed by atoms with Gasteiger partial charge in [-0.15, -0.1) is 0 Å². The number of nitrogens with zero attached hydrogens (tertiary/aromatic N) is 1. The first kappa shape index (κ1) is 14.1. The third kappa shape index (κ3) is 4.35. The highest BCUT2D eigenvalue weighted by Crippen LogP contribution is 2.15. The van der Waals surface area contributed by atoms with E-state index in [1.807, 2.05) is 24.3 Å². The van der Waals surface area contributed by atoms with E-state index in [9.17, 15) is 8.42 Å². The van der Waals surface area contributed by atoms with Crippen molar-refractivity contribution >= 4 is 16.1 Å². The van der Waals surface area contributed by atoms with E-state index in [-0.39, 0.29) is 17.5 Å². The molecule has 1 aliphatic heterocycles. The predicted octanol–water partition coefficient (Wildman–Crippen LogP) is 2.08. The Bertz CT molecular complexity index is 534. The first-order valence-corrected chi connectivity index (χ1v) is 8.37. The highest BCUT2D eigenvalue weighted by Gasteiger charge is 2.26. The van der Waals surface area contributed by atoms with Crippen molar-refractivity contribution in [1.82, 2.24) is 0 Å². The number of hydrogen-bond acceptors (Lipinski definition) is 4. The summed E-state index contributed by atoms with van der Waals surface area (Å²) in [5.74, 6) is 1.29. The molecule has 1 aromatic rings. The van der Waals surface area contributed by atoms with Crippen LogP contribution in [0.25, 0.3) is 0 Å². The summed E-state index contributed by atoms with van der Waals surface area (Å²) in [7, 11) is -2.85. The van der Waals surface area contributed by atoms with Gasteiger partial charge in [0.2, 0.25) is 0 Å². The Morgan fingerprint density at radius 1 is 1.37 bits per heavy atom. The van der Waals surface area contributed by atoms with Crippen LogP contribution in [0.1, 0.15) is 25.3 Å². The second-order valence-electron chi connectivity index (χ2n) is 4.75. The molecule has 4 nitrogen and oxygen atoms in total. The second kappa shape index (κ2) is 6.19. The fraction of sp³-hybridized carbons (Fsp3) is 0.500. The third-order valence-corrected chi connectivity index (χ3v) is 4.75. The van der Waals surface area contributed by atoms with E-state index in [0.717, 1.165) is 17.7 Å². The van der Waals surface area contributed by atoms with Crippen molar-refractivity contribution < 1.29 is 13.2 Å². The van der Waals surface area contributed by atoms with E-state index >= 15 is 0 Å². The van der Waals surface area contributed by atoms with Crippen LogP contribution in [-0.4, -0.2) is 38.8 Å². The maximum Gasteiger partial charge on any atom is 0.152 e.